The van der Waals surface area contributed by atoms with Crippen LogP contribution >= 0.6 is 0 Å². The number of nitrogens with one attached hydrogen (secondary N) is 1. The molecule has 0 bridgehead atoms. The average molecular weight is 449 g/mol. The molecule has 2 aliphatic rings. The van der Waals surface area contributed by atoms with Crippen LogP contribution in [0.4, 0.5) is 28.9 Å². The Bertz CT molecular complexity index is 976. The van der Waals surface area contributed by atoms with Gasteiger partial charge in [-0.25, -0.2) is 4.39 Å². The van der Waals surface area contributed by atoms with Gasteiger partial charge in [0, 0.05) is 37.1 Å². The van der Waals surface area contributed by atoms with Crippen molar-refractivity contribution in [2.45, 2.75) is 44.9 Å². The molecule has 1 amide bonds. The zero-order chi connectivity index (χ0) is 23.0. The molecular formula is C24H27F4N3O. The molecule has 0 aromatic heterocycles. The average Bonchev–Trinajstić information content (AvgIpc) is 2.77. The van der Waals surface area contributed by atoms with Crippen LogP contribution in [-0.4, -0.2) is 37.6 Å². The van der Waals surface area contributed by atoms with Crippen molar-refractivity contribution in [3.63, 3.8) is 0 Å². The van der Waals surface area contributed by atoms with E-state index in [0.29, 0.717) is 25.2 Å². The summed E-state index contributed by atoms with van der Waals surface area (Å²) in [6.45, 7) is 5.61. The monoisotopic (exact) mass is 449 g/mol. The van der Waals surface area contributed by atoms with Gasteiger partial charge in [0.15, 0.2) is 0 Å². The third kappa shape index (κ3) is 4.40. The van der Waals surface area contributed by atoms with E-state index in [-0.39, 0.29) is 30.2 Å². The number of benzene rings is 2. The van der Waals surface area contributed by atoms with Crippen molar-refractivity contribution in [3.05, 3.63) is 59.4 Å². The van der Waals surface area contributed by atoms with Crippen LogP contribution < -0.4 is 15.1 Å². The van der Waals surface area contributed by atoms with Crippen LogP contribution in [0.15, 0.2) is 42.5 Å². The lowest BCUT2D eigenvalue weighted by Crippen LogP contribution is -2.61. The molecule has 1 saturated heterocycles. The lowest BCUT2D eigenvalue weighted by Gasteiger charge is -2.50. The summed E-state index contributed by atoms with van der Waals surface area (Å²) in [6, 6.07) is 9.85. The van der Waals surface area contributed by atoms with E-state index in [1.54, 1.807) is 12.1 Å². The summed E-state index contributed by atoms with van der Waals surface area (Å²) in [4.78, 5) is 17.4. The Morgan fingerprint density at radius 2 is 1.88 bits per heavy atom. The highest BCUT2D eigenvalue weighted by Gasteiger charge is 2.43. The maximum Gasteiger partial charge on any atom is 0.416 e. The van der Waals surface area contributed by atoms with Crippen molar-refractivity contribution in [1.29, 1.82) is 0 Å². The second kappa shape index (κ2) is 8.64. The summed E-state index contributed by atoms with van der Waals surface area (Å²) in [7, 11) is 0. The quantitative estimate of drug-likeness (QED) is 0.692. The van der Waals surface area contributed by atoms with Gasteiger partial charge in [0.2, 0.25) is 5.91 Å². The smallest absolute Gasteiger partial charge is 0.368 e. The number of hydrogen-bond donors (Lipinski definition) is 1. The molecule has 8 heteroatoms. The van der Waals surface area contributed by atoms with E-state index in [4.69, 9.17) is 0 Å². The molecule has 0 radical (unpaired) electrons. The first kappa shape index (κ1) is 22.4. The first-order chi connectivity index (χ1) is 15.2. The maximum absolute atomic E-state index is 13.4. The molecular weight excluding hydrogens is 422 g/mol. The molecule has 4 rings (SSSR count). The largest absolute Gasteiger partial charge is 0.416 e. The Kier molecular flexibility index (Phi) is 6.05. The predicted molar refractivity (Wildman–Crippen MR) is 116 cm³/mol. The highest BCUT2D eigenvalue weighted by Crippen LogP contribution is 2.40. The zero-order valence-corrected chi connectivity index (χ0v) is 18.1. The molecule has 2 aromatic rings. The van der Waals surface area contributed by atoms with Crippen LogP contribution in [-0.2, 0) is 17.4 Å². The lowest BCUT2D eigenvalue weighted by molar-refractivity contribution is -0.137. The van der Waals surface area contributed by atoms with Gasteiger partial charge in [-0.2, -0.15) is 13.2 Å². The van der Waals surface area contributed by atoms with E-state index >= 15 is 0 Å². The van der Waals surface area contributed by atoms with Gasteiger partial charge in [-0.15, -0.1) is 0 Å². The second-order valence-electron chi connectivity index (χ2n) is 8.65. The topological polar surface area (TPSA) is 35.6 Å². The number of rotatable bonds is 4. The van der Waals surface area contributed by atoms with Crippen molar-refractivity contribution < 1.29 is 22.4 Å². The number of carbonyl (C=O) groups excluding carboxylic acids is 1. The molecule has 4 nitrogen and oxygen atoms in total. The number of piperazine rings is 1. The van der Waals surface area contributed by atoms with Crippen molar-refractivity contribution in [2.75, 3.05) is 29.4 Å². The van der Waals surface area contributed by atoms with Crippen molar-refractivity contribution in [2.24, 2.45) is 5.92 Å². The maximum atomic E-state index is 13.4. The molecule has 1 N–H and O–H groups in total. The standard InChI is InChI=1S/C24H27F4N3O/c1-3-15(2)29-23(32)20-13-16-12-17(24(26,27)28)4-9-21(16)31-11-10-30(14-22(20)31)19-7-5-18(25)6-8-19/h4-9,12,15,20,22H,3,10-11,13-14H2,1-2H3,(H,29,32)/t15-,20-,22+/m1/s1. The molecule has 32 heavy (non-hydrogen) atoms. The fraction of sp³-hybridized carbons (Fsp3) is 0.458. The number of amides is 1. The Balaban J connectivity index is 1.67. The number of anilines is 2. The molecule has 3 atom stereocenters. The summed E-state index contributed by atoms with van der Waals surface area (Å²) in [5, 5.41) is 3.01. The molecule has 2 aliphatic heterocycles. The zero-order valence-electron chi connectivity index (χ0n) is 18.1. The van der Waals surface area contributed by atoms with Gasteiger partial charge >= 0.3 is 6.18 Å². The predicted octanol–water partition coefficient (Wildman–Crippen LogP) is 4.63. The molecule has 1 fully saturated rings. The second-order valence-corrected chi connectivity index (χ2v) is 8.65. The highest BCUT2D eigenvalue weighted by atomic mass is 19.4. The Hall–Kier alpha value is -2.77. The number of alkyl halides is 3. The van der Waals surface area contributed by atoms with E-state index in [0.717, 1.165) is 23.9 Å². The summed E-state index contributed by atoms with van der Waals surface area (Å²) in [5.74, 6) is -0.938. The third-order valence-electron chi connectivity index (χ3n) is 6.57. The Labute approximate surface area is 185 Å². The van der Waals surface area contributed by atoms with E-state index in [9.17, 15) is 22.4 Å². The minimum absolute atomic E-state index is 0.0179. The van der Waals surface area contributed by atoms with Gasteiger partial charge < -0.3 is 15.1 Å². The summed E-state index contributed by atoms with van der Waals surface area (Å²) in [6.07, 6.45) is -3.41. The number of carbonyl (C=O) groups is 1. The number of halogens is 4. The highest BCUT2D eigenvalue weighted by molar-refractivity contribution is 5.82. The molecule has 2 aromatic carbocycles. The van der Waals surface area contributed by atoms with Gasteiger partial charge in [-0.05, 0) is 67.8 Å². The first-order valence-corrected chi connectivity index (χ1v) is 10.9. The third-order valence-corrected chi connectivity index (χ3v) is 6.57. The molecule has 0 saturated carbocycles. The van der Waals surface area contributed by atoms with E-state index in [2.05, 4.69) is 15.1 Å². The van der Waals surface area contributed by atoms with Crippen molar-refractivity contribution in [3.8, 4) is 0 Å². The fourth-order valence-electron chi connectivity index (χ4n) is 4.64. The van der Waals surface area contributed by atoms with Crippen LogP contribution in [0.25, 0.3) is 0 Å². The summed E-state index contributed by atoms with van der Waals surface area (Å²) >= 11 is 0. The Morgan fingerprint density at radius 3 is 2.53 bits per heavy atom. The van der Waals surface area contributed by atoms with Crippen LogP contribution in [0.5, 0.6) is 0 Å². The minimum Gasteiger partial charge on any atom is -0.368 e. The van der Waals surface area contributed by atoms with Crippen LogP contribution in [0.1, 0.15) is 31.4 Å². The van der Waals surface area contributed by atoms with Gasteiger partial charge in [0.25, 0.3) is 0 Å². The van der Waals surface area contributed by atoms with E-state index < -0.39 is 17.7 Å². The van der Waals surface area contributed by atoms with Gasteiger partial charge in [-0.3, -0.25) is 4.79 Å². The number of hydrogen-bond acceptors (Lipinski definition) is 3. The Morgan fingerprint density at radius 1 is 1.16 bits per heavy atom. The first-order valence-electron chi connectivity index (χ1n) is 10.9. The normalized spacial score (nSPS) is 21.6. The van der Waals surface area contributed by atoms with Crippen LogP contribution in [0.2, 0.25) is 0 Å². The van der Waals surface area contributed by atoms with Crippen molar-refractivity contribution >= 4 is 17.3 Å². The van der Waals surface area contributed by atoms with Gasteiger partial charge in [0.1, 0.15) is 5.82 Å². The lowest BCUT2D eigenvalue weighted by atomic mass is 9.82. The molecule has 172 valence electrons. The fourth-order valence-corrected chi connectivity index (χ4v) is 4.64. The molecule has 0 spiro atoms. The van der Waals surface area contributed by atoms with Gasteiger partial charge in [0.05, 0.1) is 17.5 Å². The summed E-state index contributed by atoms with van der Waals surface area (Å²) < 4.78 is 53.3. The number of fused-ring (bicyclic) bond motifs is 3. The van der Waals surface area contributed by atoms with E-state index in [1.807, 2.05) is 13.8 Å². The molecule has 0 aliphatic carbocycles. The van der Waals surface area contributed by atoms with Crippen LogP contribution in [0, 0.1) is 11.7 Å². The number of nitrogens with zero attached hydrogens (tertiary/aromatic N) is 2. The SMILES string of the molecule is CC[C@@H](C)NC(=O)[C@@H]1Cc2cc(C(F)(F)F)ccc2N2CCN(c3ccc(F)cc3)C[C@@H]12. The van der Waals surface area contributed by atoms with Crippen molar-refractivity contribution in [1.82, 2.24) is 5.32 Å². The molecule has 2 heterocycles. The van der Waals surface area contributed by atoms with Gasteiger partial charge in [-0.1, -0.05) is 6.92 Å². The minimum atomic E-state index is -4.43. The van der Waals surface area contributed by atoms with E-state index in [1.165, 1.54) is 24.3 Å². The van der Waals surface area contributed by atoms with Crippen LogP contribution in [0.3, 0.4) is 0 Å². The molecule has 0 unspecified atom stereocenters. The summed E-state index contributed by atoms with van der Waals surface area (Å²) in [5.41, 5.74) is 1.48.